The largest absolute Gasteiger partial charge is 0.219 e. The first-order valence-corrected chi connectivity index (χ1v) is 5.80. The predicted octanol–water partition coefficient (Wildman–Crippen LogP) is 2.01. The summed E-state index contributed by atoms with van der Waals surface area (Å²) in [5.41, 5.74) is 1.02. The van der Waals surface area contributed by atoms with Crippen LogP contribution in [-0.2, 0) is 7.05 Å². The highest BCUT2D eigenvalue weighted by atomic mass is 15.0. The summed E-state index contributed by atoms with van der Waals surface area (Å²) < 4.78 is 1.98. The van der Waals surface area contributed by atoms with Gasteiger partial charge in [-0.25, -0.2) is 19.5 Å². The molecule has 90 valence electrons. The molecule has 2 rings (SSSR count). The van der Waals surface area contributed by atoms with Gasteiger partial charge in [0.2, 0.25) is 0 Å². The fourth-order valence-electron chi connectivity index (χ4n) is 1.39. The Kier molecular flexibility index (Phi) is 4.69. The van der Waals surface area contributed by atoms with Gasteiger partial charge in [-0.3, -0.25) is 0 Å². The van der Waals surface area contributed by atoms with Gasteiger partial charge < -0.3 is 0 Å². The minimum atomic E-state index is 0.737. The fraction of sp³-hybridized carbons (Fsp3) is 0.385. The molecular weight excluding hydrogens is 212 g/mol. The number of aromatic nitrogens is 4. The summed E-state index contributed by atoms with van der Waals surface area (Å²) in [5.74, 6) is 2.25. The third-order valence-electron chi connectivity index (χ3n) is 2.10. The van der Waals surface area contributed by atoms with Gasteiger partial charge in [0.15, 0.2) is 18.2 Å². The van der Waals surface area contributed by atoms with E-state index in [9.17, 15) is 0 Å². The summed E-state index contributed by atoms with van der Waals surface area (Å²) >= 11 is 0. The summed E-state index contributed by atoms with van der Waals surface area (Å²) in [4.78, 5) is 12.8. The Morgan fingerprint density at radius 1 is 0.882 bits per heavy atom. The number of hydrogen-bond acceptors (Lipinski definition) is 3. The van der Waals surface area contributed by atoms with Crippen LogP contribution in [0, 0.1) is 13.8 Å². The van der Waals surface area contributed by atoms with Gasteiger partial charge in [-0.05, 0) is 13.8 Å². The Bertz CT molecular complexity index is 457. The van der Waals surface area contributed by atoms with Crippen molar-refractivity contribution in [2.75, 3.05) is 0 Å². The van der Waals surface area contributed by atoms with Crippen molar-refractivity contribution in [2.45, 2.75) is 27.7 Å². The maximum absolute atomic E-state index is 4.30. The Hall–Kier alpha value is -1.84. The van der Waals surface area contributed by atoms with Crippen molar-refractivity contribution < 1.29 is 4.57 Å². The van der Waals surface area contributed by atoms with Crippen molar-refractivity contribution in [1.29, 1.82) is 0 Å². The number of pyridine rings is 1. The van der Waals surface area contributed by atoms with Crippen molar-refractivity contribution in [2.24, 2.45) is 7.05 Å². The topological polar surface area (TPSA) is 42.5 Å². The number of rotatable bonds is 1. The van der Waals surface area contributed by atoms with Crippen LogP contribution in [0.25, 0.3) is 11.4 Å². The molecule has 2 heterocycles. The molecule has 0 amide bonds. The maximum atomic E-state index is 4.30. The molecule has 2 aromatic rings. The van der Waals surface area contributed by atoms with Gasteiger partial charge in [-0.15, -0.1) is 0 Å². The van der Waals surface area contributed by atoms with E-state index >= 15 is 0 Å². The molecule has 0 saturated carbocycles. The molecule has 2 aromatic heterocycles. The molecule has 0 aromatic carbocycles. The molecule has 0 spiro atoms. The van der Waals surface area contributed by atoms with E-state index < -0.39 is 0 Å². The van der Waals surface area contributed by atoms with E-state index in [1.165, 1.54) is 0 Å². The van der Waals surface area contributed by atoms with Crippen LogP contribution in [0.15, 0.2) is 24.5 Å². The second kappa shape index (κ2) is 6.03. The highest BCUT2D eigenvalue weighted by molar-refractivity contribution is 5.52. The lowest BCUT2D eigenvalue weighted by molar-refractivity contribution is -0.671. The van der Waals surface area contributed by atoms with E-state index in [0.717, 1.165) is 23.0 Å². The van der Waals surface area contributed by atoms with Gasteiger partial charge in [0.1, 0.15) is 18.7 Å². The number of nitrogens with zero attached hydrogens (tertiary/aromatic N) is 4. The molecule has 0 bridgehead atoms. The van der Waals surface area contributed by atoms with Crippen molar-refractivity contribution in [3.8, 4) is 11.4 Å². The standard InChI is InChI=1S/C11H13N4.C2H6/c1-8-12-9(2)14-11(13-8)10-4-6-15(3)7-5-10;1-2/h4-7H,1-3H3;1-2H3/q+1;. The molecule has 0 unspecified atom stereocenters. The summed E-state index contributed by atoms with van der Waals surface area (Å²) in [6, 6.07) is 3.99. The fourth-order valence-corrected chi connectivity index (χ4v) is 1.39. The average Bonchev–Trinajstić information content (AvgIpc) is 2.31. The molecule has 4 nitrogen and oxygen atoms in total. The zero-order valence-electron chi connectivity index (χ0n) is 11.1. The summed E-state index contributed by atoms with van der Waals surface area (Å²) in [6.45, 7) is 7.75. The molecule has 17 heavy (non-hydrogen) atoms. The molecule has 0 N–H and O–H groups in total. The second-order valence-corrected chi connectivity index (χ2v) is 3.51. The second-order valence-electron chi connectivity index (χ2n) is 3.51. The predicted molar refractivity (Wildman–Crippen MR) is 67.3 cm³/mol. The van der Waals surface area contributed by atoms with Gasteiger partial charge in [0.05, 0.1) is 0 Å². The molecule has 0 fully saturated rings. The van der Waals surface area contributed by atoms with E-state index in [1.54, 1.807) is 0 Å². The van der Waals surface area contributed by atoms with Crippen LogP contribution in [0.3, 0.4) is 0 Å². The third-order valence-corrected chi connectivity index (χ3v) is 2.10. The highest BCUT2D eigenvalue weighted by Crippen LogP contribution is 2.12. The van der Waals surface area contributed by atoms with Gasteiger partial charge in [0.25, 0.3) is 0 Å². The van der Waals surface area contributed by atoms with Gasteiger partial charge in [-0.1, -0.05) is 13.8 Å². The van der Waals surface area contributed by atoms with Crippen LogP contribution in [0.1, 0.15) is 25.5 Å². The van der Waals surface area contributed by atoms with E-state index in [0.29, 0.717) is 0 Å². The Labute approximate surface area is 102 Å². The first-order chi connectivity index (χ1) is 8.15. The van der Waals surface area contributed by atoms with Crippen molar-refractivity contribution in [3.63, 3.8) is 0 Å². The lowest BCUT2D eigenvalue weighted by Gasteiger charge is -2.01. The zero-order valence-corrected chi connectivity index (χ0v) is 11.1. The Morgan fingerprint density at radius 3 is 1.82 bits per heavy atom. The third kappa shape index (κ3) is 3.59. The lowest BCUT2D eigenvalue weighted by Crippen LogP contribution is -2.25. The van der Waals surface area contributed by atoms with Crippen molar-refractivity contribution >= 4 is 0 Å². The van der Waals surface area contributed by atoms with Crippen LogP contribution in [0.4, 0.5) is 0 Å². The van der Waals surface area contributed by atoms with Gasteiger partial charge in [-0.2, -0.15) is 0 Å². The molecular formula is C13H19N4+. The minimum Gasteiger partial charge on any atom is -0.219 e. The van der Waals surface area contributed by atoms with Crippen LogP contribution >= 0.6 is 0 Å². The molecule has 0 atom stereocenters. The summed E-state index contributed by atoms with van der Waals surface area (Å²) in [6.07, 6.45) is 3.95. The van der Waals surface area contributed by atoms with Crippen LogP contribution in [0.2, 0.25) is 0 Å². The number of aryl methyl sites for hydroxylation is 3. The SMILES string of the molecule is CC.Cc1nc(C)nc(-c2cc[n+](C)cc2)n1. The van der Waals surface area contributed by atoms with Crippen molar-refractivity contribution in [3.05, 3.63) is 36.2 Å². The first-order valence-electron chi connectivity index (χ1n) is 5.80. The molecule has 4 heteroatoms. The van der Waals surface area contributed by atoms with E-state index in [1.807, 2.05) is 63.8 Å². The quantitative estimate of drug-likeness (QED) is 0.705. The highest BCUT2D eigenvalue weighted by Gasteiger charge is 2.04. The Morgan fingerprint density at radius 2 is 1.35 bits per heavy atom. The molecule has 0 aliphatic carbocycles. The molecule has 0 saturated heterocycles. The van der Waals surface area contributed by atoms with Gasteiger partial charge in [0, 0.05) is 17.7 Å². The first kappa shape index (κ1) is 13.2. The van der Waals surface area contributed by atoms with E-state index in [-0.39, 0.29) is 0 Å². The lowest BCUT2D eigenvalue weighted by atomic mass is 10.2. The smallest absolute Gasteiger partial charge is 0.169 e. The zero-order chi connectivity index (χ0) is 12.8. The van der Waals surface area contributed by atoms with E-state index in [2.05, 4.69) is 15.0 Å². The monoisotopic (exact) mass is 231 g/mol. The van der Waals surface area contributed by atoms with Crippen LogP contribution < -0.4 is 4.57 Å². The summed E-state index contributed by atoms with van der Waals surface area (Å²) in [7, 11) is 1.98. The minimum absolute atomic E-state index is 0.737. The van der Waals surface area contributed by atoms with Crippen molar-refractivity contribution in [1.82, 2.24) is 15.0 Å². The number of hydrogen-bond donors (Lipinski definition) is 0. The molecule has 0 aliphatic heterocycles. The molecule has 0 aliphatic rings. The van der Waals surface area contributed by atoms with Crippen LogP contribution in [-0.4, -0.2) is 15.0 Å². The Balaban J connectivity index is 0.000000686. The normalized spacial score (nSPS) is 9.47. The van der Waals surface area contributed by atoms with E-state index in [4.69, 9.17) is 0 Å². The maximum Gasteiger partial charge on any atom is 0.169 e. The average molecular weight is 231 g/mol. The molecule has 0 radical (unpaired) electrons. The summed E-state index contributed by atoms with van der Waals surface area (Å²) in [5, 5.41) is 0. The van der Waals surface area contributed by atoms with Gasteiger partial charge >= 0.3 is 0 Å². The van der Waals surface area contributed by atoms with Crippen LogP contribution in [0.5, 0.6) is 0 Å².